The third-order valence-corrected chi connectivity index (χ3v) is 6.52. The molecule has 0 atom stereocenters. The van der Waals surface area contributed by atoms with Crippen molar-refractivity contribution in [2.45, 2.75) is 105 Å². The molecule has 2 amide bonds. The maximum Gasteiger partial charge on any atom is 0.261 e. The standard InChI is InChI=1S/C31H47N2O4/c1-5-8-10-12-16-22-36-29-20-19-27(24-30(29)37-23-17-13-11-9-6-2)31(35)33(26(4)34)25-28-18-14-15-21-32(28)7-3/h14-15,18-21,24H,5-13,16-17,22-23,25H2,1-4H3/q+1. The second-order valence-corrected chi connectivity index (χ2v) is 9.58. The number of amides is 2. The van der Waals surface area contributed by atoms with Gasteiger partial charge < -0.3 is 9.47 Å². The van der Waals surface area contributed by atoms with E-state index in [1.165, 1.54) is 50.3 Å². The lowest BCUT2D eigenvalue weighted by Gasteiger charge is -2.19. The average molecular weight is 512 g/mol. The van der Waals surface area contributed by atoms with Crippen molar-refractivity contribution in [3.05, 3.63) is 53.9 Å². The summed E-state index contributed by atoms with van der Waals surface area (Å²) < 4.78 is 14.2. The van der Waals surface area contributed by atoms with E-state index in [1.807, 2.05) is 35.9 Å². The molecule has 6 nitrogen and oxygen atoms in total. The topological polar surface area (TPSA) is 59.7 Å². The van der Waals surface area contributed by atoms with Crippen molar-refractivity contribution in [2.75, 3.05) is 13.2 Å². The van der Waals surface area contributed by atoms with Crippen molar-refractivity contribution in [1.29, 1.82) is 0 Å². The Hall–Kier alpha value is -2.89. The van der Waals surface area contributed by atoms with E-state index < -0.39 is 0 Å². The molecule has 0 saturated carbocycles. The summed E-state index contributed by atoms with van der Waals surface area (Å²) in [6.45, 7) is 10.1. The van der Waals surface area contributed by atoms with Gasteiger partial charge in [-0.25, -0.2) is 4.57 Å². The van der Waals surface area contributed by atoms with Gasteiger partial charge in [0, 0.05) is 24.6 Å². The van der Waals surface area contributed by atoms with Crippen LogP contribution in [0.4, 0.5) is 0 Å². The van der Waals surface area contributed by atoms with E-state index in [9.17, 15) is 9.59 Å². The lowest BCUT2D eigenvalue weighted by atomic mass is 10.1. The summed E-state index contributed by atoms with van der Waals surface area (Å²) in [5, 5.41) is 0. The maximum atomic E-state index is 13.5. The Morgan fingerprint density at radius 2 is 1.41 bits per heavy atom. The van der Waals surface area contributed by atoms with Crippen molar-refractivity contribution in [1.82, 2.24) is 4.90 Å². The molecule has 0 aliphatic heterocycles. The minimum atomic E-state index is -0.335. The number of hydrogen-bond donors (Lipinski definition) is 0. The molecular formula is C31H47N2O4+. The molecule has 1 aromatic heterocycles. The monoisotopic (exact) mass is 511 g/mol. The van der Waals surface area contributed by atoms with Crippen LogP contribution in [-0.2, 0) is 17.9 Å². The quantitative estimate of drug-likeness (QED) is 0.162. The third kappa shape index (κ3) is 10.6. The lowest BCUT2D eigenvalue weighted by molar-refractivity contribution is -0.701. The first-order chi connectivity index (χ1) is 18.0. The van der Waals surface area contributed by atoms with E-state index in [2.05, 4.69) is 13.8 Å². The van der Waals surface area contributed by atoms with Gasteiger partial charge in [-0.1, -0.05) is 71.3 Å². The normalized spacial score (nSPS) is 10.8. The number of aromatic nitrogens is 1. The van der Waals surface area contributed by atoms with Crippen molar-refractivity contribution < 1.29 is 23.6 Å². The third-order valence-electron chi connectivity index (χ3n) is 6.52. The van der Waals surface area contributed by atoms with Crippen LogP contribution in [0.3, 0.4) is 0 Å². The van der Waals surface area contributed by atoms with Gasteiger partial charge in [-0.05, 0) is 38.0 Å². The van der Waals surface area contributed by atoms with Crippen LogP contribution < -0.4 is 14.0 Å². The van der Waals surface area contributed by atoms with Crippen molar-refractivity contribution in [3.8, 4) is 11.5 Å². The number of aryl methyl sites for hydroxylation is 1. The number of rotatable bonds is 18. The lowest BCUT2D eigenvalue weighted by Crippen LogP contribution is -2.43. The summed E-state index contributed by atoms with van der Waals surface area (Å²) in [7, 11) is 0. The second-order valence-electron chi connectivity index (χ2n) is 9.58. The molecule has 1 heterocycles. The predicted molar refractivity (Wildman–Crippen MR) is 148 cm³/mol. The molecule has 2 aromatic rings. The number of nitrogens with zero attached hydrogens (tertiary/aromatic N) is 2. The highest BCUT2D eigenvalue weighted by Gasteiger charge is 2.25. The fourth-order valence-electron chi connectivity index (χ4n) is 4.26. The van der Waals surface area contributed by atoms with Crippen LogP contribution in [0.2, 0.25) is 0 Å². The van der Waals surface area contributed by atoms with Crippen LogP contribution in [0.15, 0.2) is 42.6 Å². The first-order valence-corrected chi connectivity index (χ1v) is 14.2. The Bertz CT molecular complexity index is 960. The minimum Gasteiger partial charge on any atom is -0.490 e. The second kappa shape index (κ2) is 17.5. The minimum absolute atomic E-state index is 0.215. The molecule has 1 aromatic carbocycles. The van der Waals surface area contributed by atoms with Crippen LogP contribution in [0.5, 0.6) is 11.5 Å². The fourth-order valence-corrected chi connectivity index (χ4v) is 4.26. The van der Waals surface area contributed by atoms with Crippen LogP contribution in [0.25, 0.3) is 0 Å². The highest BCUT2D eigenvalue weighted by molar-refractivity contribution is 6.04. The number of benzene rings is 1. The average Bonchev–Trinajstić information content (AvgIpc) is 2.91. The fraction of sp³-hybridized carbons (Fsp3) is 0.581. The van der Waals surface area contributed by atoms with Gasteiger partial charge in [0.05, 0.1) is 13.2 Å². The largest absolute Gasteiger partial charge is 0.490 e. The summed E-state index contributed by atoms with van der Waals surface area (Å²) in [6.07, 6.45) is 13.5. The van der Waals surface area contributed by atoms with Gasteiger partial charge in [0.1, 0.15) is 13.1 Å². The number of hydrogen-bond acceptors (Lipinski definition) is 4. The predicted octanol–water partition coefficient (Wildman–Crippen LogP) is 6.88. The number of carbonyl (C=O) groups is 2. The Labute approximate surface area is 224 Å². The molecule has 2 rings (SSSR count). The first kappa shape index (κ1) is 30.3. The molecule has 0 saturated heterocycles. The van der Waals surface area contributed by atoms with Gasteiger partial charge in [-0.3, -0.25) is 14.5 Å². The van der Waals surface area contributed by atoms with Gasteiger partial charge in [0.2, 0.25) is 11.6 Å². The smallest absolute Gasteiger partial charge is 0.261 e. The Kier molecular flexibility index (Phi) is 14.4. The van der Waals surface area contributed by atoms with Crippen LogP contribution >= 0.6 is 0 Å². The summed E-state index contributed by atoms with van der Waals surface area (Å²) in [5.74, 6) is 0.601. The molecule has 0 bridgehead atoms. The SMILES string of the molecule is CCCCCCCOc1ccc(C(=O)N(Cc2cccc[n+]2CC)C(C)=O)cc1OCCCCCCC. The zero-order valence-electron chi connectivity index (χ0n) is 23.5. The molecule has 0 aliphatic rings. The van der Waals surface area contributed by atoms with Gasteiger partial charge >= 0.3 is 0 Å². The number of pyridine rings is 1. The maximum absolute atomic E-state index is 13.5. The van der Waals surface area contributed by atoms with Crippen molar-refractivity contribution in [3.63, 3.8) is 0 Å². The Balaban J connectivity index is 2.16. The van der Waals surface area contributed by atoms with E-state index in [4.69, 9.17) is 9.47 Å². The van der Waals surface area contributed by atoms with Gasteiger partial charge in [-0.2, -0.15) is 0 Å². The Morgan fingerprint density at radius 1 is 0.784 bits per heavy atom. The van der Waals surface area contributed by atoms with E-state index >= 15 is 0 Å². The molecule has 0 radical (unpaired) electrons. The summed E-state index contributed by atoms with van der Waals surface area (Å²) >= 11 is 0. The Morgan fingerprint density at radius 3 is 2.00 bits per heavy atom. The van der Waals surface area contributed by atoms with Gasteiger partial charge in [0.15, 0.2) is 17.7 Å². The van der Waals surface area contributed by atoms with Crippen LogP contribution in [0, 0.1) is 0 Å². The van der Waals surface area contributed by atoms with Crippen LogP contribution in [0.1, 0.15) is 108 Å². The van der Waals surface area contributed by atoms with E-state index in [0.717, 1.165) is 37.9 Å². The highest BCUT2D eigenvalue weighted by Crippen LogP contribution is 2.30. The molecule has 0 fully saturated rings. The van der Waals surface area contributed by atoms with Crippen molar-refractivity contribution >= 4 is 11.8 Å². The zero-order valence-corrected chi connectivity index (χ0v) is 23.5. The molecule has 6 heteroatoms. The number of carbonyl (C=O) groups excluding carboxylic acids is 2. The van der Waals surface area contributed by atoms with E-state index in [1.54, 1.807) is 18.2 Å². The molecule has 0 spiro atoms. The van der Waals surface area contributed by atoms with E-state index in [0.29, 0.717) is 30.3 Å². The zero-order chi connectivity index (χ0) is 26.9. The number of imide groups is 1. The summed E-state index contributed by atoms with van der Waals surface area (Å²) in [4.78, 5) is 27.3. The molecule has 0 unspecified atom stereocenters. The molecule has 0 aliphatic carbocycles. The number of unbranched alkanes of at least 4 members (excludes halogenated alkanes) is 8. The number of ether oxygens (including phenoxy) is 2. The highest BCUT2D eigenvalue weighted by atomic mass is 16.5. The molecular weight excluding hydrogens is 464 g/mol. The van der Waals surface area contributed by atoms with Crippen LogP contribution in [-0.4, -0.2) is 29.9 Å². The molecule has 204 valence electrons. The molecule has 0 N–H and O–H groups in total. The van der Waals surface area contributed by atoms with Gasteiger partial charge in [0.25, 0.3) is 5.91 Å². The van der Waals surface area contributed by atoms with Crippen molar-refractivity contribution in [2.24, 2.45) is 0 Å². The van der Waals surface area contributed by atoms with Gasteiger partial charge in [-0.15, -0.1) is 0 Å². The molecule has 37 heavy (non-hydrogen) atoms. The van der Waals surface area contributed by atoms with E-state index in [-0.39, 0.29) is 18.4 Å². The summed E-state index contributed by atoms with van der Waals surface area (Å²) in [5.41, 5.74) is 1.32. The first-order valence-electron chi connectivity index (χ1n) is 14.2. The summed E-state index contributed by atoms with van der Waals surface area (Å²) in [6, 6.07) is 11.1.